The lowest BCUT2D eigenvalue weighted by molar-refractivity contribution is -0.118. The summed E-state index contributed by atoms with van der Waals surface area (Å²) in [6.45, 7) is 0.680. The van der Waals surface area contributed by atoms with Gasteiger partial charge >= 0.3 is 6.61 Å². The van der Waals surface area contributed by atoms with Crippen LogP contribution in [0.4, 0.5) is 20.2 Å². The number of hydrogen-bond donors (Lipinski definition) is 2. The molecule has 0 aliphatic rings. The van der Waals surface area contributed by atoms with E-state index in [1.807, 2.05) is 0 Å². The molecule has 0 heterocycles. The monoisotopic (exact) mass is 348 g/mol. The van der Waals surface area contributed by atoms with E-state index in [4.69, 9.17) is 0 Å². The van der Waals surface area contributed by atoms with Crippen LogP contribution in [0.15, 0.2) is 48.5 Å². The first-order chi connectivity index (χ1) is 11.8. The maximum absolute atomic E-state index is 12.2. The molecule has 7 heteroatoms. The van der Waals surface area contributed by atoms with E-state index in [-0.39, 0.29) is 23.5 Å². The molecule has 5 nitrogen and oxygen atoms in total. The summed E-state index contributed by atoms with van der Waals surface area (Å²) in [7, 11) is 0. The highest BCUT2D eigenvalue weighted by Crippen LogP contribution is 2.19. The number of rotatable bonds is 6. The van der Waals surface area contributed by atoms with Gasteiger partial charge in [0.1, 0.15) is 5.75 Å². The number of carbonyl (C=O) groups is 2. The Morgan fingerprint density at radius 3 is 1.92 bits per heavy atom. The van der Waals surface area contributed by atoms with E-state index in [0.717, 1.165) is 0 Å². The van der Waals surface area contributed by atoms with Gasteiger partial charge < -0.3 is 15.4 Å². The zero-order valence-corrected chi connectivity index (χ0v) is 13.8. The number of halogens is 2. The van der Waals surface area contributed by atoms with Crippen LogP contribution < -0.4 is 15.4 Å². The van der Waals surface area contributed by atoms with E-state index in [2.05, 4.69) is 15.4 Å². The number of alkyl halides is 2. The minimum Gasteiger partial charge on any atom is -0.435 e. The molecule has 0 aliphatic carbocycles. The molecule has 0 atom stereocenters. The third kappa shape index (κ3) is 5.56. The molecule has 25 heavy (non-hydrogen) atoms. The summed E-state index contributed by atoms with van der Waals surface area (Å²) in [5.41, 5.74) is 1.45. The number of anilines is 2. The fraction of sp³-hybridized carbons (Fsp3) is 0.222. The quantitative estimate of drug-likeness (QED) is 0.825. The number of carbonyl (C=O) groups excluding carboxylic acids is 2. The van der Waals surface area contributed by atoms with E-state index in [0.29, 0.717) is 16.9 Å². The van der Waals surface area contributed by atoms with Gasteiger partial charge in [0.05, 0.1) is 0 Å². The van der Waals surface area contributed by atoms with Gasteiger partial charge in [0.15, 0.2) is 0 Å². The predicted molar refractivity (Wildman–Crippen MR) is 90.9 cm³/mol. The van der Waals surface area contributed by atoms with Crippen LogP contribution in [0.25, 0.3) is 0 Å². The Balaban J connectivity index is 1.97. The first-order valence-corrected chi connectivity index (χ1v) is 7.62. The third-order valence-corrected chi connectivity index (χ3v) is 3.28. The van der Waals surface area contributed by atoms with Gasteiger partial charge in [-0.25, -0.2) is 0 Å². The smallest absolute Gasteiger partial charge is 0.387 e. The molecule has 2 aromatic carbocycles. The van der Waals surface area contributed by atoms with Gasteiger partial charge in [-0.2, -0.15) is 8.78 Å². The van der Waals surface area contributed by atoms with E-state index < -0.39 is 6.61 Å². The summed E-state index contributed by atoms with van der Waals surface area (Å²) in [6.07, 6.45) is 0. The standard InChI is InChI=1S/C18H18F2N2O3/c1-11(2)16(23)21-13-5-3-12(4-6-13)17(24)22-14-7-9-15(10-8-14)25-18(19)20/h3-11,18H,1-2H3,(H,21,23)(H,22,24). The van der Waals surface area contributed by atoms with Crippen LogP contribution in [0.1, 0.15) is 24.2 Å². The minimum atomic E-state index is -2.89. The Morgan fingerprint density at radius 1 is 0.880 bits per heavy atom. The van der Waals surface area contributed by atoms with E-state index >= 15 is 0 Å². The third-order valence-electron chi connectivity index (χ3n) is 3.28. The molecular formula is C18H18F2N2O3. The maximum Gasteiger partial charge on any atom is 0.387 e. The van der Waals surface area contributed by atoms with Gasteiger partial charge in [-0.3, -0.25) is 9.59 Å². The molecule has 0 radical (unpaired) electrons. The van der Waals surface area contributed by atoms with Gasteiger partial charge in [-0.05, 0) is 48.5 Å². The highest BCUT2D eigenvalue weighted by atomic mass is 19.3. The molecule has 0 unspecified atom stereocenters. The SMILES string of the molecule is CC(C)C(=O)Nc1ccc(C(=O)Nc2ccc(OC(F)F)cc2)cc1. The number of amides is 2. The average Bonchev–Trinajstić information content (AvgIpc) is 2.56. The van der Waals surface area contributed by atoms with Crippen molar-refractivity contribution < 1.29 is 23.1 Å². The van der Waals surface area contributed by atoms with Gasteiger partial charge in [0.25, 0.3) is 5.91 Å². The summed E-state index contributed by atoms with van der Waals surface area (Å²) < 4.78 is 28.4. The molecular weight excluding hydrogens is 330 g/mol. The van der Waals surface area contributed by atoms with Crippen LogP contribution in [0.2, 0.25) is 0 Å². The zero-order valence-electron chi connectivity index (χ0n) is 13.8. The fourth-order valence-corrected chi connectivity index (χ4v) is 1.91. The Morgan fingerprint density at radius 2 is 1.40 bits per heavy atom. The molecule has 2 rings (SSSR count). The second-order valence-corrected chi connectivity index (χ2v) is 5.58. The lowest BCUT2D eigenvalue weighted by Gasteiger charge is -2.09. The van der Waals surface area contributed by atoms with Crippen molar-refractivity contribution >= 4 is 23.2 Å². The number of hydrogen-bond acceptors (Lipinski definition) is 3. The highest BCUT2D eigenvalue weighted by Gasteiger charge is 2.10. The van der Waals surface area contributed by atoms with Gasteiger partial charge in [-0.1, -0.05) is 13.8 Å². The van der Waals surface area contributed by atoms with E-state index in [9.17, 15) is 18.4 Å². The van der Waals surface area contributed by atoms with Crippen molar-refractivity contribution in [2.75, 3.05) is 10.6 Å². The van der Waals surface area contributed by atoms with E-state index in [1.165, 1.54) is 24.3 Å². The molecule has 2 aromatic rings. The van der Waals surface area contributed by atoms with Crippen molar-refractivity contribution in [1.29, 1.82) is 0 Å². The van der Waals surface area contributed by atoms with Crippen molar-refractivity contribution in [3.8, 4) is 5.75 Å². The average molecular weight is 348 g/mol. The van der Waals surface area contributed by atoms with E-state index in [1.54, 1.807) is 38.1 Å². The fourth-order valence-electron chi connectivity index (χ4n) is 1.91. The lowest BCUT2D eigenvalue weighted by Crippen LogP contribution is -2.18. The van der Waals surface area contributed by atoms with Crippen LogP contribution >= 0.6 is 0 Å². The van der Waals surface area contributed by atoms with Gasteiger partial charge in [-0.15, -0.1) is 0 Å². The molecule has 132 valence electrons. The second kappa shape index (κ2) is 8.23. The molecule has 0 saturated heterocycles. The Labute approximate surface area is 144 Å². The first-order valence-electron chi connectivity index (χ1n) is 7.62. The topological polar surface area (TPSA) is 67.4 Å². The van der Waals surface area contributed by atoms with Crippen molar-refractivity contribution in [2.24, 2.45) is 5.92 Å². The number of nitrogens with one attached hydrogen (secondary N) is 2. The van der Waals surface area contributed by atoms with Crippen molar-refractivity contribution in [3.63, 3.8) is 0 Å². The molecule has 2 N–H and O–H groups in total. The first kappa shape index (κ1) is 18.4. The molecule has 0 spiro atoms. The van der Waals surface area contributed by atoms with Gasteiger partial charge in [0, 0.05) is 22.9 Å². The number of benzene rings is 2. The Bertz CT molecular complexity index is 729. The highest BCUT2D eigenvalue weighted by molar-refractivity contribution is 6.04. The largest absolute Gasteiger partial charge is 0.435 e. The summed E-state index contributed by atoms with van der Waals surface area (Å²) in [6, 6.07) is 12.0. The van der Waals surface area contributed by atoms with Crippen LogP contribution in [-0.4, -0.2) is 18.4 Å². The number of ether oxygens (including phenoxy) is 1. The van der Waals surface area contributed by atoms with Crippen LogP contribution in [0.3, 0.4) is 0 Å². The molecule has 0 fully saturated rings. The molecule has 0 aromatic heterocycles. The van der Waals surface area contributed by atoms with Crippen molar-refractivity contribution in [3.05, 3.63) is 54.1 Å². The van der Waals surface area contributed by atoms with Crippen LogP contribution in [-0.2, 0) is 4.79 Å². The summed E-state index contributed by atoms with van der Waals surface area (Å²) in [5.74, 6) is -0.592. The Hall–Kier alpha value is -2.96. The zero-order chi connectivity index (χ0) is 18.4. The summed E-state index contributed by atoms with van der Waals surface area (Å²) >= 11 is 0. The Kier molecular flexibility index (Phi) is 6.05. The summed E-state index contributed by atoms with van der Waals surface area (Å²) in [5, 5.41) is 5.38. The predicted octanol–water partition coefficient (Wildman–Crippen LogP) is 4.13. The van der Waals surface area contributed by atoms with Crippen LogP contribution in [0, 0.1) is 5.92 Å². The summed E-state index contributed by atoms with van der Waals surface area (Å²) in [4.78, 5) is 23.8. The normalized spacial score (nSPS) is 10.6. The van der Waals surface area contributed by atoms with Crippen LogP contribution in [0.5, 0.6) is 5.75 Å². The molecule has 0 aliphatic heterocycles. The minimum absolute atomic E-state index is 0.0123. The second-order valence-electron chi connectivity index (χ2n) is 5.58. The molecule has 0 bridgehead atoms. The maximum atomic E-state index is 12.2. The van der Waals surface area contributed by atoms with Crippen molar-refractivity contribution in [2.45, 2.75) is 20.5 Å². The molecule has 2 amide bonds. The molecule has 0 saturated carbocycles. The van der Waals surface area contributed by atoms with Crippen molar-refractivity contribution in [1.82, 2.24) is 0 Å². The lowest BCUT2D eigenvalue weighted by atomic mass is 10.1. The van der Waals surface area contributed by atoms with Gasteiger partial charge in [0.2, 0.25) is 5.91 Å².